The van der Waals surface area contributed by atoms with E-state index in [0.29, 0.717) is 10.7 Å². The molecule has 1 aromatic carbocycles. The third-order valence-electron chi connectivity index (χ3n) is 4.79. The van der Waals surface area contributed by atoms with Gasteiger partial charge in [0, 0.05) is 22.4 Å². The van der Waals surface area contributed by atoms with E-state index < -0.39 is 0 Å². The Morgan fingerprint density at radius 3 is 2.64 bits per heavy atom. The third-order valence-corrected chi connectivity index (χ3v) is 6.89. The van der Waals surface area contributed by atoms with Gasteiger partial charge in [0.1, 0.15) is 11.3 Å². The number of carbonyl (C=O) groups is 1. The number of carbonyl (C=O) groups excluding carboxylic acids is 1. The van der Waals surface area contributed by atoms with Gasteiger partial charge in [-0.15, -0.1) is 22.0 Å². The number of hydrogen-bond donors (Lipinski definition) is 2. The molecule has 4 rings (SSSR count). The van der Waals surface area contributed by atoms with Gasteiger partial charge in [-0.2, -0.15) is 0 Å². The van der Waals surface area contributed by atoms with E-state index in [1.165, 1.54) is 41.9 Å². The minimum atomic E-state index is -0.234. The molecule has 3 aromatic rings. The van der Waals surface area contributed by atoms with Crippen LogP contribution in [-0.4, -0.2) is 32.4 Å². The van der Waals surface area contributed by atoms with E-state index >= 15 is 0 Å². The summed E-state index contributed by atoms with van der Waals surface area (Å²) in [6, 6.07) is 14.2. The van der Waals surface area contributed by atoms with Crippen LogP contribution >= 0.6 is 23.1 Å². The topological polar surface area (TPSA) is 79.8 Å². The predicted molar refractivity (Wildman–Crippen MR) is 114 cm³/mol. The second-order valence-corrected chi connectivity index (χ2v) is 9.16. The quantitative estimate of drug-likeness (QED) is 0.586. The zero-order chi connectivity index (χ0) is 19.2. The second kappa shape index (κ2) is 8.70. The number of thioether (sulfide) groups is 1. The zero-order valence-corrected chi connectivity index (χ0v) is 16.9. The molecule has 1 aliphatic rings. The summed E-state index contributed by atoms with van der Waals surface area (Å²) in [6.45, 7) is 0.857. The van der Waals surface area contributed by atoms with Crippen molar-refractivity contribution in [2.75, 3.05) is 17.2 Å². The molecule has 2 aromatic heterocycles. The van der Waals surface area contributed by atoms with E-state index in [-0.39, 0.29) is 10.7 Å². The molecule has 0 aliphatic heterocycles. The van der Waals surface area contributed by atoms with E-state index in [9.17, 15) is 4.79 Å². The Balaban J connectivity index is 1.37. The van der Waals surface area contributed by atoms with Gasteiger partial charge in [-0.1, -0.05) is 42.4 Å². The fourth-order valence-electron chi connectivity index (χ4n) is 3.35. The first kappa shape index (κ1) is 18.9. The van der Waals surface area contributed by atoms with Gasteiger partial charge in [0.15, 0.2) is 0 Å². The number of amides is 1. The molecule has 1 fully saturated rings. The number of aromatic nitrogens is 3. The first-order chi connectivity index (χ1) is 13.7. The summed E-state index contributed by atoms with van der Waals surface area (Å²) in [6.07, 6.45) is 6.51. The van der Waals surface area contributed by atoms with Crippen LogP contribution in [0.15, 0.2) is 59.1 Å². The van der Waals surface area contributed by atoms with Crippen molar-refractivity contribution in [1.82, 2.24) is 15.2 Å². The molecule has 8 heteroatoms. The van der Waals surface area contributed by atoms with Crippen LogP contribution in [0, 0.1) is 0 Å². The molecule has 2 heterocycles. The highest BCUT2D eigenvalue weighted by molar-refractivity contribution is 8.00. The van der Waals surface area contributed by atoms with E-state index in [1.54, 1.807) is 17.8 Å². The highest BCUT2D eigenvalue weighted by Crippen LogP contribution is 2.45. The van der Waals surface area contributed by atoms with Gasteiger partial charge in [-0.25, -0.2) is 4.98 Å². The molecule has 0 atom stereocenters. The lowest BCUT2D eigenvalue weighted by Crippen LogP contribution is -2.30. The summed E-state index contributed by atoms with van der Waals surface area (Å²) in [7, 11) is 0. The van der Waals surface area contributed by atoms with Crippen molar-refractivity contribution < 1.29 is 4.79 Å². The zero-order valence-electron chi connectivity index (χ0n) is 15.3. The molecule has 2 N–H and O–H groups in total. The number of nitrogens with one attached hydrogen (secondary N) is 2. The minimum absolute atomic E-state index is 0.191. The third kappa shape index (κ3) is 4.69. The van der Waals surface area contributed by atoms with Crippen LogP contribution in [0.5, 0.6) is 0 Å². The van der Waals surface area contributed by atoms with Gasteiger partial charge in [-0.05, 0) is 37.1 Å². The van der Waals surface area contributed by atoms with Crippen molar-refractivity contribution in [2.24, 2.45) is 0 Å². The SMILES string of the molecule is O=C(Nc1nncs1)c1ccc(NCC2(Sc3ccccc3)CCCC2)nc1. The molecule has 28 heavy (non-hydrogen) atoms. The van der Waals surface area contributed by atoms with Crippen LogP contribution in [-0.2, 0) is 0 Å². The molecular formula is C20H21N5OS2. The number of benzene rings is 1. The molecule has 6 nitrogen and oxygen atoms in total. The van der Waals surface area contributed by atoms with Crippen LogP contribution in [0.4, 0.5) is 10.9 Å². The van der Waals surface area contributed by atoms with Crippen molar-refractivity contribution in [3.8, 4) is 0 Å². The summed E-state index contributed by atoms with van der Waals surface area (Å²) in [5.74, 6) is 0.551. The number of hydrogen-bond acceptors (Lipinski definition) is 7. The van der Waals surface area contributed by atoms with Gasteiger partial charge in [0.05, 0.1) is 5.56 Å². The Morgan fingerprint density at radius 2 is 1.96 bits per heavy atom. The first-order valence-corrected chi connectivity index (χ1v) is 10.9. The van der Waals surface area contributed by atoms with Crippen molar-refractivity contribution >= 4 is 40.0 Å². The lowest BCUT2D eigenvalue weighted by Gasteiger charge is -2.29. The minimum Gasteiger partial charge on any atom is -0.369 e. The van der Waals surface area contributed by atoms with Gasteiger partial charge in [-0.3, -0.25) is 10.1 Å². The molecular weight excluding hydrogens is 390 g/mol. The van der Waals surface area contributed by atoms with E-state index in [2.05, 4.69) is 56.1 Å². The van der Waals surface area contributed by atoms with Gasteiger partial charge in [0.2, 0.25) is 5.13 Å². The highest BCUT2D eigenvalue weighted by atomic mass is 32.2. The predicted octanol–water partition coefficient (Wildman–Crippen LogP) is 4.70. The monoisotopic (exact) mass is 411 g/mol. The van der Waals surface area contributed by atoms with Gasteiger partial charge >= 0.3 is 0 Å². The molecule has 0 saturated heterocycles. The van der Waals surface area contributed by atoms with E-state index in [0.717, 1.165) is 12.4 Å². The van der Waals surface area contributed by atoms with Crippen LogP contribution in [0.25, 0.3) is 0 Å². The Labute approximate surface area is 172 Å². The Hall–Kier alpha value is -2.45. The second-order valence-electron chi connectivity index (χ2n) is 6.79. The van der Waals surface area contributed by atoms with E-state index in [1.807, 2.05) is 17.8 Å². The number of anilines is 2. The smallest absolute Gasteiger partial charge is 0.259 e. The summed E-state index contributed by atoms with van der Waals surface area (Å²) < 4.78 is 0.191. The van der Waals surface area contributed by atoms with Crippen LogP contribution in [0.2, 0.25) is 0 Å². The van der Waals surface area contributed by atoms with Crippen molar-refractivity contribution in [3.63, 3.8) is 0 Å². The molecule has 0 bridgehead atoms. The van der Waals surface area contributed by atoms with Gasteiger partial charge in [0.25, 0.3) is 5.91 Å². The molecule has 0 unspecified atom stereocenters. The van der Waals surface area contributed by atoms with Crippen LogP contribution in [0.1, 0.15) is 36.0 Å². The summed E-state index contributed by atoms with van der Waals surface area (Å²) in [4.78, 5) is 17.9. The molecule has 1 aliphatic carbocycles. The van der Waals surface area contributed by atoms with Crippen LogP contribution < -0.4 is 10.6 Å². The molecule has 1 amide bonds. The molecule has 0 spiro atoms. The average Bonchev–Trinajstić information content (AvgIpc) is 3.40. The summed E-state index contributed by atoms with van der Waals surface area (Å²) >= 11 is 3.24. The Morgan fingerprint density at radius 1 is 1.14 bits per heavy atom. The lowest BCUT2D eigenvalue weighted by molar-refractivity contribution is 0.102. The number of rotatable bonds is 7. The summed E-state index contributed by atoms with van der Waals surface area (Å²) in [5.41, 5.74) is 2.07. The lowest BCUT2D eigenvalue weighted by atomic mass is 10.1. The number of nitrogens with zero attached hydrogens (tertiary/aromatic N) is 3. The first-order valence-electron chi connectivity index (χ1n) is 9.24. The standard InChI is InChI=1S/C20H21N5OS2/c26-18(24-19-25-23-14-27-19)15-8-9-17(21-12-15)22-13-20(10-4-5-11-20)28-16-6-2-1-3-7-16/h1-3,6-9,12,14H,4-5,10-11,13H2,(H,21,22)(H,24,25,26). The fourth-order valence-corrected chi connectivity index (χ4v) is 5.22. The average molecular weight is 412 g/mol. The van der Waals surface area contributed by atoms with E-state index in [4.69, 9.17) is 0 Å². The fraction of sp³-hybridized carbons (Fsp3) is 0.300. The maximum Gasteiger partial charge on any atom is 0.259 e. The largest absolute Gasteiger partial charge is 0.369 e. The van der Waals surface area contributed by atoms with Crippen molar-refractivity contribution in [3.05, 3.63) is 59.7 Å². The molecule has 1 saturated carbocycles. The molecule has 0 radical (unpaired) electrons. The highest BCUT2D eigenvalue weighted by Gasteiger charge is 2.34. The van der Waals surface area contributed by atoms with Crippen LogP contribution in [0.3, 0.4) is 0 Å². The Bertz CT molecular complexity index is 894. The molecule has 144 valence electrons. The summed E-state index contributed by atoms with van der Waals surface area (Å²) in [5, 5.41) is 14.2. The van der Waals surface area contributed by atoms with Crippen molar-refractivity contribution in [1.29, 1.82) is 0 Å². The van der Waals surface area contributed by atoms with Crippen molar-refractivity contribution in [2.45, 2.75) is 35.3 Å². The van der Waals surface area contributed by atoms with Gasteiger partial charge < -0.3 is 5.32 Å². The number of pyridine rings is 1. The Kier molecular flexibility index (Phi) is 5.87. The normalized spacial score (nSPS) is 15.3. The maximum atomic E-state index is 12.2. The maximum absolute atomic E-state index is 12.2.